The van der Waals surface area contributed by atoms with Crippen LogP contribution in [-0.2, 0) is 10.0 Å². The van der Waals surface area contributed by atoms with Gasteiger partial charge in [-0.15, -0.1) is 0 Å². The van der Waals surface area contributed by atoms with E-state index in [2.05, 4.69) is 0 Å². The Hall–Kier alpha value is -1.18. The van der Waals surface area contributed by atoms with Crippen LogP contribution in [0, 0.1) is 5.82 Å². The summed E-state index contributed by atoms with van der Waals surface area (Å²) in [5.41, 5.74) is -0.754. The Labute approximate surface area is 114 Å². The number of halogens is 2. The van der Waals surface area contributed by atoms with Gasteiger partial charge in [-0.25, -0.2) is 17.6 Å². The molecule has 19 heavy (non-hydrogen) atoms. The minimum absolute atomic E-state index is 0.137. The number of sulfonamides is 1. The molecular formula is C11H11ClFNO4S. The zero-order valence-electron chi connectivity index (χ0n) is 9.93. The number of carboxylic acids is 1. The maximum Gasteiger partial charge on any atom is 0.338 e. The second kappa shape index (κ2) is 4.73. The molecule has 1 aliphatic rings. The lowest BCUT2D eigenvalue weighted by Crippen LogP contribution is -2.30. The van der Waals surface area contributed by atoms with Crippen LogP contribution >= 0.6 is 11.6 Å². The van der Waals surface area contributed by atoms with E-state index in [1.807, 2.05) is 0 Å². The zero-order chi connectivity index (χ0) is 14.4. The minimum Gasteiger partial charge on any atom is -0.478 e. The first-order chi connectivity index (χ1) is 8.75. The predicted octanol–water partition coefficient (Wildman–Crippen LogP) is 1.96. The molecule has 1 saturated carbocycles. The van der Waals surface area contributed by atoms with Gasteiger partial charge in [-0.1, -0.05) is 11.6 Å². The van der Waals surface area contributed by atoms with E-state index in [9.17, 15) is 17.6 Å². The number of benzene rings is 1. The van der Waals surface area contributed by atoms with Crippen molar-refractivity contribution in [3.63, 3.8) is 0 Å². The van der Waals surface area contributed by atoms with Crippen molar-refractivity contribution in [3.05, 3.63) is 28.5 Å². The molecule has 0 aliphatic heterocycles. The number of carboxylic acid groups (broad SMARTS) is 1. The molecule has 1 aromatic carbocycles. The largest absolute Gasteiger partial charge is 0.478 e. The number of hydrogen-bond donors (Lipinski definition) is 1. The molecule has 8 heteroatoms. The quantitative estimate of drug-likeness (QED) is 0.922. The standard InChI is InChI=1S/C11H11ClFNO4S/c1-14(7-2-3-7)19(17,18)9-5-6(12)4-8(10(9)13)11(15)16/h4-5,7H,2-3H2,1H3,(H,15,16). The maximum absolute atomic E-state index is 14.0. The lowest BCUT2D eigenvalue weighted by Gasteiger charge is -2.17. The van der Waals surface area contributed by atoms with E-state index in [4.69, 9.17) is 16.7 Å². The minimum atomic E-state index is -4.07. The summed E-state index contributed by atoms with van der Waals surface area (Å²) in [6.07, 6.45) is 1.42. The predicted molar refractivity (Wildman–Crippen MR) is 66.3 cm³/mol. The van der Waals surface area contributed by atoms with Gasteiger partial charge in [0.05, 0.1) is 5.56 Å². The highest BCUT2D eigenvalue weighted by atomic mass is 35.5. The van der Waals surface area contributed by atoms with Crippen LogP contribution in [0.5, 0.6) is 0 Å². The van der Waals surface area contributed by atoms with Crippen LogP contribution in [0.15, 0.2) is 17.0 Å². The molecule has 0 heterocycles. The second-order valence-electron chi connectivity index (χ2n) is 4.32. The van der Waals surface area contributed by atoms with Gasteiger partial charge in [-0.05, 0) is 25.0 Å². The van der Waals surface area contributed by atoms with Crippen molar-refractivity contribution in [3.8, 4) is 0 Å². The average molecular weight is 308 g/mol. The Morgan fingerprint density at radius 1 is 1.47 bits per heavy atom. The van der Waals surface area contributed by atoms with Gasteiger partial charge in [0, 0.05) is 18.1 Å². The molecule has 0 saturated heterocycles. The van der Waals surface area contributed by atoms with Crippen LogP contribution in [-0.4, -0.2) is 36.9 Å². The molecule has 0 aromatic heterocycles. The molecule has 2 rings (SSSR count). The third kappa shape index (κ3) is 2.58. The summed E-state index contributed by atoms with van der Waals surface area (Å²) in [6, 6.07) is 1.66. The second-order valence-corrected chi connectivity index (χ2v) is 6.73. The van der Waals surface area contributed by atoms with E-state index < -0.39 is 32.3 Å². The van der Waals surface area contributed by atoms with E-state index in [0.29, 0.717) is 12.8 Å². The smallest absolute Gasteiger partial charge is 0.338 e. The lowest BCUT2D eigenvalue weighted by atomic mass is 10.2. The molecule has 5 nitrogen and oxygen atoms in total. The average Bonchev–Trinajstić information content (AvgIpc) is 3.14. The molecule has 1 N–H and O–H groups in total. The molecule has 0 amide bonds. The Balaban J connectivity index is 2.58. The summed E-state index contributed by atoms with van der Waals surface area (Å²) < 4.78 is 39.4. The molecule has 1 fully saturated rings. The van der Waals surface area contributed by atoms with Crippen LogP contribution in [0.1, 0.15) is 23.2 Å². The van der Waals surface area contributed by atoms with Gasteiger partial charge >= 0.3 is 5.97 Å². The Kier molecular flexibility index (Phi) is 3.55. The SMILES string of the molecule is CN(C1CC1)S(=O)(=O)c1cc(Cl)cc(C(=O)O)c1F. The monoisotopic (exact) mass is 307 g/mol. The van der Waals surface area contributed by atoms with Gasteiger partial charge in [0.15, 0.2) is 5.82 Å². The van der Waals surface area contributed by atoms with Gasteiger partial charge in [0.2, 0.25) is 10.0 Å². The molecule has 0 bridgehead atoms. The Morgan fingerprint density at radius 2 is 2.05 bits per heavy atom. The van der Waals surface area contributed by atoms with Crippen LogP contribution < -0.4 is 0 Å². The topological polar surface area (TPSA) is 74.7 Å². The molecule has 1 aliphatic carbocycles. The van der Waals surface area contributed by atoms with Gasteiger partial charge in [0.1, 0.15) is 4.90 Å². The molecule has 104 valence electrons. The molecule has 1 aromatic rings. The molecule has 0 spiro atoms. The zero-order valence-corrected chi connectivity index (χ0v) is 11.5. The number of nitrogens with zero attached hydrogens (tertiary/aromatic N) is 1. The van der Waals surface area contributed by atoms with Gasteiger partial charge in [0.25, 0.3) is 0 Å². The first-order valence-corrected chi connectivity index (χ1v) is 7.27. The van der Waals surface area contributed by atoms with Crippen LogP contribution in [0.25, 0.3) is 0 Å². The molecular weight excluding hydrogens is 297 g/mol. The van der Waals surface area contributed by atoms with Crippen molar-refractivity contribution in [2.24, 2.45) is 0 Å². The molecule has 0 atom stereocenters. The van der Waals surface area contributed by atoms with Gasteiger partial charge in [-0.2, -0.15) is 4.31 Å². The Bertz CT molecular complexity index is 642. The first kappa shape index (κ1) is 14.2. The van der Waals surface area contributed by atoms with Gasteiger partial charge in [-0.3, -0.25) is 0 Å². The fourth-order valence-corrected chi connectivity index (χ4v) is 3.51. The van der Waals surface area contributed by atoms with Gasteiger partial charge < -0.3 is 5.11 Å². The third-order valence-corrected chi connectivity index (χ3v) is 5.08. The van der Waals surface area contributed by atoms with E-state index in [1.54, 1.807) is 0 Å². The van der Waals surface area contributed by atoms with E-state index >= 15 is 0 Å². The van der Waals surface area contributed by atoms with Crippen molar-refractivity contribution in [2.75, 3.05) is 7.05 Å². The van der Waals surface area contributed by atoms with Crippen molar-refractivity contribution in [1.29, 1.82) is 0 Å². The van der Waals surface area contributed by atoms with Crippen LogP contribution in [0.4, 0.5) is 4.39 Å². The number of carbonyl (C=O) groups is 1. The summed E-state index contributed by atoms with van der Waals surface area (Å²) in [6.45, 7) is 0. The van der Waals surface area contributed by atoms with Crippen LogP contribution in [0.3, 0.4) is 0 Å². The maximum atomic E-state index is 14.0. The fourth-order valence-electron chi connectivity index (χ4n) is 1.70. The van der Waals surface area contributed by atoms with E-state index in [1.165, 1.54) is 7.05 Å². The normalized spacial score (nSPS) is 15.8. The summed E-state index contributed by atoms with van der Waals surface area (Å²) in [7, 11) is -2.73. The lowest BCUT2D eigenvalue weighted by molar-refractivity contribution is 0.0691. The van der Waals surface area contributed by atoms with Crippen LogP contribution in [0.2, 0.25) is 5.02 Å². The highest BCUT2D eigenvalue weighted by Gasteiger charge is 2.37. The van der Waals surface area contributed by atoms with Crippen molar-refractivity contribution in [2.45, 2.75) is 23.8 Å². The molecule has 0 unspecified atom stereocenters. The Morgan fingerprint density at radius 3 is 2.53 bits per heavy atom. The summed E-state index contributed by atoms with van der Waals surface area (Å²) >= 11 is 5.66. The summed E-state index contributed by atoms with van der Waals surface area (Å²) in [5.74, 6) is -2.85. The van der Waals surface area contributed by atoms with E-state index in [0.717, 1.165) is 16.4 Å². The first-order valence-electron chi connectivity index (χ1n) is 5.45. The van der Waals surface area contributed by atoms with Crippen molar-refractivity contribution < 1.29 is 22.7 Å². The number of rotatable bonds is 4. The highest BCUT2D eigenvalue weighted by Crippen LogP contribution is 2.33. The number of hydrogen-bond acceptors (Lipinski definition) is 3. The highest BCUT2D eigenvalue weighted by molar-refractivity contribution is 7.89. The van der Waals surface area contributed by atoms with Crippen molar-refractivity contribution in [1.82, 2.24) is 4.31 Å². The number of aromatic carboxylic acids is 1. The van der Waals surface area contributed by atoms with E-state index in [-0.39, 0.29) is 11.1 Å². The summed E-state index contributed by atoms with van der Waals surface area (Å²) in [5, 5.41) is 8.70. The fraction of sp³-hybridized carbons (Fsp3) is 0.364. The third-order valence-electron chi connectivity index (χ3n) is 2.95. The van der Waals surface area contributed by atoms with Crippen molar-refractivity contribution >= 4 is 27.6 Å². The molecule has 0 radical (unpaired) electrons. The summed E-state index contributed by atoms with van der Waals surface area (Å²) in [4.78, 5) is 10.2.